The van der Waals surface area contributed by atoms with E-state index in [1.165, 1.54) is 11.7 Å². The van der Waals surface area contributed by atoms with Crippen molar-refractivity contribution in [3.8, 4) is 6.01 Å². The van der Waals surface area contributed by atoms with E-state index in [4.69, 9.17) is 9.47 Å². The molecule has 0 bridgehead atoms. The monoisotopic (exact) mass is 224 g/mol. The molecule has 1 aliphatic rings. The first-order valence-electron chi connectivity index (χ1n) is 5.43. The highest BCUT2D eigenvalue weighted by Crippen LogP contribution is 2.16. The molecule has 2 rings (SSSR count). The fourth-order valence-corrected chi connectivity index (χ4v) is 1.89. The maximum atomic E-state index is 11.6. The van der Waals surface area contributed by atoms with E-state index in [0.29, 0.717) is 12.4 Å². The van der Waals surface area contributed by atoms with E-state index in [1.807, 2.05) is 0 Å². The second-order valence-corrected chi connectivity index (χ2v) is 3.97. The van der Waals surface area contributed by atoms with Gasteiger partial charge in [-0.2, -0.15) is 0 Å². The van der Waals surface area contributed by atoms with Crippen molar-refractivity contribution in [1.82, 2.24) is 9.55 Å². The Hall–Kier alpha value is -1.36. The Bertz CT molecular complexity index is 422. The molecule has 0 amide bonds. The summed E-state index contributed by atoms with van der Waals surface area (Å²) in [6.07, 6.45) is 3.02. The summed E-state index contributed by atoms with van der Waals surface area (Å²) >= 11 is 0. The highest BCUT2D eigenvalue weighted by molar-refractivity contribution is 5.09. The number of ether oxygens (including phenoxy) is 2. The molecule has 0 saturated carbocycles. The van der Waals surface area contributed by atoms with Gasteiger partial charge in [-0.05, 0) is 12.8 Å². The largest absolute Gasteiger partial charge is 0.468 e. The van der Waals surface area contributed by atoms with Gasteiger partial charge in [0.05, 0.1) is 18.9 Å². The summed E-state index contributed by atoms with van der Waals surface area (Å²) in [6, 6.07) is 1.89. The van der Waals surface area contributed by atoms with E-state index in [9.17, 15) is 4.79 Å². The van der Waals surface area contributed by atoms with Gasteiger partial charge in [0.25, 0.3) is 11.6 Å². The van der Waals surface area contributed by atoms with Crippen molar-refractivity contribution < 1.29 is 9.47 Å². The number of hydrogen-bond acceptors (Lipinski definition) is 4. The molecular formula is C11H16N2O3. The topological polar surface area (TPSA) is 53.4 Å². The molecule has 1 atom stereocenters. The molecule has 0 N–H and O–H groups in total. The molecule has 1 unspecified atom stereocenters. The molecular weight excluding hydrogens is 208 g/mol. The second-order valence-electron chi connectivity index (χ2n) is 3.97. The van der Waals surface area contributed by atoms with Gasteiger partial charge >= 0.3 is 0 Å². The molecule has 5 nitrogen and oxygen atoms in total. The van der Waals surface area contributed by atoms with Crippen LogP contribution < -0.4 is 10.3 Å². The molecule has 2 heterocycles. The molecule has 0 aromatic carbocycles. The predicted molar refractivity (Wildman–Crippen MR) is 58.7 cm³/mol. The Balaban J connectivity index is 2.20. The maximum Gasteiger partial charge on any atom is 0.298 e. The van der Waals surface area contributed by atoms with Crippen LogP contribution in [0.2, 0.25) is 0 Å². The summed E-state index contributed by atoms with van der Waals surface area (Å²) in [5.41, 5.74) is 0.645. The molecule has 0 spiro atoms. The van der Waals surface area contributed by atoms with Crippen LogP contribution in [0.3, 0.4) is 0 Å². The lowest BCUT2D eigenvalue weighted by atomic mass is 10.1. The van der Waals surface area contributed by atoms with Crippen LogP contribution in [0, 0.1) is 0 Å². The van der Waals surface area contributed by atoms with Gasteiger partial charge in [-0.25, -0.2) is 4.98 Å². The van der Waals surface area contributed by atoms with Crippen LogP contribution in [-0.2, 0) is 18.2 Å². The number of hydrogen-bond donors (Lipinski definition) is 0. The summed E-state index contributed by atoms with van der Waals surface area (Å²) in [6.45, 7) is 0.812. The first-order valence-corrected chi connectivity index (χ1v) is 5.43. The van der Waals surface area contributed by atoms with Gasteiger partial charge in [0.15, 0.2) is 0 Å². The van der Waals surface area contributed by atoms with Crippen molar-refractivity contribution in [2.45, 2.75) is 25.4 Å². The van der Waals surface area contributed by atoms with Crippen molar-refractivity contribution in [3.05, 3.63) is 22.1 Å². The van der Waals surface area contributed by atoms with Crippen LogP contribution in [0.1, 0.15) is 18.5 Å². The fourth-order valence-electron chi connectivity index (χ4n) is 1.89. The van der Waals surface area contributed by atoms with Gasteiger partial charge in [-0.1, -0.05) is 0 Å². The molecule has 0 aliphatic carbocycles. The van der Waals surface area contributed by atoms with E-state index < -0.39 is 0 Å². The minimum Gasteiger partial charge on any atom is -0.468 e. The lowest BCUT2D eigenvalue weighted by Crippen LogP contribution is -2.22. The van der Waals surface area contributed by atoms with Crippen LogP contribution in [0.15, 0.2) is 10.9 Å². The number of aromatic nitrogens is 2. The minimum atomic E-state index is -0.0974. The summed E-state index contributed by atoms with van der Waals surface area (Å²) in [7, 11) is 3.15. The molecule has 1 saturated heterocycles. The van der Waals surface area contributed by atoms with Crippen LogP contribution in [-0.4, -0.2) is 29.4 Å². The van der Waals surface area contributed by atoms with E-state index in [1.54, 1.807) is 13.1 Å². The Labute approximate surface area is 94.0 Å². The standard InChI is InChI=1S/C11H16N2O3/c1-13-10(14)7-8(12-11(13)15-2)6-9-4-3-5-16-9/h7,9H,3-6H2,1-2H3. The Morgan fingerprint density at radius 2 is 2.50 bits per heavy atom. The van der Waals surface area contributed by atoms with E-state index in [-0.39, 0.29) is 11.7 Å². The van der Waals surface area contributed by atoms with E-state index in [0.717, 1.165) is 25.1 Å². The number of methoxy groups -OCH3 is 1. The summed E-state index contributed by atoms with van der Waals surface area (Å²) in [4.78, 5) is 15.9. The van der Waals surface area contributed by atoms with Crippen molar-refractivity contribution in [1.29, 1.82) is 0 Å². The zero-order valence-corrected chi connectivity index (χ0v) is 9.60. The van der Waals surface area contributed by atoms with E-state index in [2.05, 4.69) is 4.98 Å². The van der Waals surface area contributed by atoms with Crippen molar-refractivity contribution >= 4 is 0 Å². The van der Waals surface area contributed by atoms with Gasteiger partial charge < -0.3 is 9.47 Å². The lowest BCUT2D eigenvalue weighted by molar-refractivity contribution is 0.110. The summed E-state index contributed by atoms with van der Waals surface area (Å²) < 4.78 is 11.9. The summed E-state index contributed by atoms with van der Waals surface area (Å²) in [5, 5.41) is 0. The van der Waals surface area contributed by atoms with Crippen LogP contribution in [0.4, 0.5) is 0 Å². The third-order valence-corrected chi connectivity index (χ3v) is 2.79. The molecule has 0 radical (unpaired) electrons. The van der Waals surface area contributed by atoms with Crippen molar-refractivity contribution in [2.24, 2.45) is 7.05 Å². The van der Waals surface area contributed by atoms with Gasteiger partial charge in [0, 0.05) is 26.1 Å². The third-order valence-electron chi connectivity index (χ3n) is 2.79. The van der Waals surface area contributed by atoms with E-state index >= 15 is 0 Å². The summed E-state index contributed by atoms with van der Waals surface area (Å²) in [5.74, 6) is 0. The smallest absolute Gasteiger partial charge is 0.298 e. The normalized spacial score (nSPS) is 20.0. The van der Waals surface area contributed by atoms with Gasteiger partial charge in [-0.3, -0.25) is 9.36 Å². The lowest BCUT2D eigenvalue weighted by Gasteiger charge is -2.10. The van der Waals surface area contributed by atoms with Gasteiger partial charge in [0.1, 0.15) is 0 Å². The number of nitrogens with zero attached hydrogens (tertiary/aromatic N) is 2. The molecule has 1 aliphatic heterocycles. The zero-order chi connectivity index (χ0) is 11.5. The van der Waals surface area contributed by atoms with Crippen LogP contribution in [0.5, 0.6) is 6.01 Å². The Morgan fingerprint density at radius 1 is 1.69 bits per heavy atom. The van der Waals surface area contributed by atoms with Gasteiger partial charge in [0.2, 0.25) is 0 Å². The fraction of sp³-hybridized carbons (Fsp3) is 0.636. The maximum absolute atomic E-state index is 11.6. The molecule has 1 aromatic heterocycles. The Morgan fingerprint density at radius 3 is 3.12 bits per heavy atom. The predicted octanol–water partition coefficient (Wildman–Crippen LogP) is 0.510. The molecule has 1 fully saturated rings. The third kappa shape index (κ3) is 2.24. The molecule has 16 heavy (non-hydrogen) atoms. The zero-order valence-electron chi connectivity index (χ0n) is 9.60. The van der Waals surface area contributed by atoms with Crippen LogP contribution >= 0.6 is 0 Å². The van der Waals surface area contributed by atoms with Crippen LogP contribution in [0.25, 0.3) is 0 Å². The van der Waals surface area contributed by atoms with Crippen molar-refractivity contribution in [3.63, 3.8) is 0 Å². The molecule has 5 heteroatoms. The highest BCUT2D eigenvalue weighted by atomic mass is 16.5. The second kappa shape index (κ2) is 4.65. The number of rotatable bonds is 3. The Kier molecular flexibility index (Phi) is 3.24. The highest BCUT2D eigenvalue weighted by Gasteiger charge is 2.17. The quantitative estimate of drug-likeness (QED) is 0.750. The first-order chi connectivity index (χ1) is 7.70. The molecule has 1 aromatic rings. The first kappa shape index (κ1) is 11.1. The van der Waals surface area contributed by atoms with Gasteiger partial charge in [-0.15, -0.1) is 0 Å². The minimum absolute atomic E-state index is 0.0974. The average Bonchev–Trinajstić information content (AvgIpc) is 2.76. The molecule has 88 valence electrons. The van der Waals surface area contributed by atoms with Crippen molar-refractivity contribution in [2.75, 3.05) is 13.7 Å². The average molecular weight is 224 g/mol. The SMILES string of the molecule is COc1nc(CC2CCCO2)cc(=O)n1C.